The molecule has 0 saturated carbocycles. The molecule has 0 saturated heterocycles. The largest absolute Gasteiger partial charge is 0.497 e. The van der Waals surface area contributed by atoms with Gasteiger partial charge < -0.3 is 4.74 Å². The summed E-state index contributed by atoms with van der Waals surface area (Å²) in [6.07, 6.45) is 2.12. The third kappa shape index (κ3) is 8.78. The highest BCUT2D eigenvalue weighted by molar-refractivity contribution is 7.89. The van der Waals surface area contributed by atoms with Crippen LogP contribution in [0.2, 0.25) is 0 Å². The minimum absolute atomic E-state index is 0.116. The van der Waals surface area contributed by atoms with E-state index >= 15 is 0 Å². The molecule has 0 aliphatic heterocycles. The average Bonchev–Trinajstić information content (AvgIpc) is 3.21. The van der Waals surface area contributed by atoms with Crippen molar-refractivity contribution in [1.82, 2.24) is 4.72 Å². The Balaban J connectivity index is 1.56. The first-order chi connectivity index (χ1) is 26.2. The summed E-state index contributed by atoms with van der Waals surface area (Å²) in [5.41, 5.74) is 5.32. The van der Waals surface area contributed by atoms with E-state index < -0.39 is 27.4 Å². The Bertz CT molecular complexity index is 2270. The zero-order valence-corrected chi connectivity index (χ0v) is 31.5. The highest BCUT2D eigenvalue weighted by atomic mass is 32.2. The van der Waals surface area contributed by atoms with Crippen LogP contribution >= 0.6 is 0 Å². The molecule has 6 aromatic carbocycles. The van der Waals surface area contributed by atoms with Crippen LogP contribution in [0.1, 0.15) is 52.8 Å². The van der Waals surface area contributed by atoms with Crippen molar-refractivity contribution in [3.63, 3.8) is 0 Å². The number of methoxy groups -OCH3 is 1. The molecule has 0 unspecified atom stereocenters. The maximum atomic E-state index is 14.1. The molecule has 0 bridgehead atoms. The van der Waals surface area contributed by atoms with Crippen LogP contribution < -0.4 is 9.46 Å². The average molecular weight is 730 g/mol. The van der Waals surface area contributed by atoms with Gasteiger partial charge in [0.15, 0.2) is 0 Å². The molecule has 0 heterocycles. The van der Waals surface area contributed by atoms with Gasteiger partial charge in [0.2, 0.25) is 10.0 Å². The van der Waals surface area contributed by atoms with Gasteiger partial charge in [0, 0.05) is 5.92 Å². The Morgan fingerprint density at radius 3 is 1.65 bits per heavy atom. The van der Waals surface area contributed by atoms with Gasteiger partial charge >= 0.3 is 0 Å². The predicted octanol–water partition coefficient (Wildman–Crippen LogP) is 9.74. The summed E-state index contributed by atoms with van der Waals surface area (Å²) >= 11 is 0. The fourth-order valence-electron chi connectivity index (χ4n) is 6.82. The van der Waals surface area contributed by atoms with Gasteiger partial charge in [-0.3, -0.25) is 4.79 Å². The summed E-state index contributed by atoms with van der Waals surface area (Å²) in [5.74, 6) is 6.72. The molecular weight excluding hydrogens is 687 g/mol. The van der Waals surface area contributed by atoms with Crippen LogP contribution in [-0.4, -0.2) is 21.3 Å². The molecule has 6 rings (SSSR count). The minimum atomic E-state index is -4.07. The van der Waals surface area contributed by atoms with Crippen LogP contribution in [0.3, 0.4) is 0 Å². The molecular formula is C48H43NO4S. The summed E-state index contributed by atoms with van der Waals surface area (Å²) in [5, 5.41) is 0. The van der Waals surface area contributed by atoms with Gasteiger partial charge in [0.25, 0.3) is 0 Å². The van der Waals surface area contributed by atoms with Gasteiger partial charge in [-0.2, -0.15) is 0 Å². The lowest BCUT2D eigenvalue weighted by Crippen LogP contribution is -2.40. The van der Waals surface area contributed by atoms with Crippen molar-refractivity contribution in [2.75, 3.05) is 7.11 Å². The molecule has 0 aromatic heterocycles. The second-order valence-corrected chi connectivity index (χ2v) is 15.0. The summed E-state index contributed by atoms with van der Waals surface area (Å²) in [6, 6.07) is 53.0. The molecule has 54 heavy (non-hydrogen) atoms. The van der Waals surface area contributed by atoms with E-state index in [-0.39, 0.29) is 17.1 Å². The highest BCUT2D eigenvalue weighted by Crippen LogP contribution is 2.42. The Hall–Kier alpha value is -6.00. The quantitative estimate of drug-likeness (QED) is 0.120. The van der Waals surface area contributed by atoms with Crippen molar-refractivity contribution < 1.29 is 17.9 Å². The summed E-state index contributed by atoms with van der Waals surface area (Å²) in [7, 11) is -2.50. The first-order valence-corrected chi connectivity index (χ1v) is 19.4. The number of rotatable bonds is 13. The number of Topliss-reactive ketones (excluding diaryl/α,β-unsaturated/α-hetero) is 1. The second kappa shape index (κ2) is 17.2. The lowest BCUT2D eigenvalue weighted by molar-refractivity contribution is -0.122. The molecule has 6 aromatic rings. The van der Waals surface area contributed by atoms with Gasteiger partial charge in [-0.25, -0.2) is 13.1 Å². The zero-order valence-electron chi connectivity index (χ0n) is 30.6. The van der Waals surface area contributed by atoms with Crippen molar-refractivity contribution in [2.45, 2.75) is 36.6 Å². The van der Waals surface area contributed by atoms with Crippen LogP contribution in [0.15, 0.2) is 181 Å². The monoisotopic (exact) mass is 729 g/mol. The van der Waals surface area contributed by atoms with Crippen LogP contribution in [0.5, 0.6) is 5.75 Å². The Kier molecular flexibility index (Phi) is 12.0. The number of nitrogens with one attached hydrogen (secondary N) is 1. The number of carbonyl (C=O) groups excluding carboxylic acids is 1. The van der Waals surface area contributed by atoms with E-state index in [1.54, 1.807) is 43.5 Å². The summed E-state index contributed by atoms with van der Waals surface area (Å²) < 4.78 is 36.6. The highest BCUT2D eigenvalue weighted by Gasteiger charge is 2.41. The summed E-state index contributed by atoms with van der Waals surface area (Å²) in [6.45, 7) is 3.43. The lowest BCUT2D eigenvalue weighted by Gasteiger charge is -2.36. The topological polar surface area (TPSA) is 72.5 Å². The molecule has 6 heteroatoms. The normalized spacial score (nSPS) is 12.4. The molecule has 0 spiro atoms. The third-order valence-electron chi connectivity index (χ3n) is 9.74. The fraction of sp³-hybridized carbons (Fsp3) is 0.146. The minimum Gasteiger partial charge on any atom is -0.497 e. The number of ketones is 1. The number of benzene rings is 6. The van der Waals surface area contributed by atoms with Gasteiger partial charge in [0.05, 0.1) is 23.5 Å². The standard InChI is InChI=1S/C48H43NO4S/c1-36-26-32-44(33-27-36)54(51,52)49-47(40-28-30-43(53-3)31-29-40)46(37(2)50)35-48(41-21-12-6-13-22-41,42-23-14-7-15-24-42)34-16-25-45(38-17-8-4-9-18-38)39-19-10-5-11-20-39/h4-15,17-33,46-47,49H,35H2,1-3H3/t46-,47-/m1/s1. The van der Waals surface area contributed by atoms with Gasteiger partial charge in [-0.05, 0) is 84.0 Å². The van der Waals surface area contributed by atoms with Crippen LogP contribution in [0, 0.1) is 24.7 Å². The number of carbonyl (C=O) groups is 1. The van der Waals surface area contributed by atoms with Crippen LogP contribution in [0.4, 0.5) is 0 Å². The number of hydrogen-bond donors (Lipinski definition) is 1. The van der Waals surface area contributed by atoms with E-state index in [9.17, 15) is 13.2 Å². The Morgan fingerprint density at radius 2 is 1.19 bits per heavy atom. The predicted molar refractivity (Wildman–Crippen MR) is 217 cm³/mol. The van der Waals surface area contributed by atoms with Gasteiger partial charge in [0.1, 0.15) is 11.5 Å². The number of ether oxygens (including phenoxy) is 1. The fourth-order valence-corrected chi connectivity index (χ4v) is 8.08. The van der Waals surface area contributed by atoms with E-state index in [4.69, 9.17) is 4.74 Å². The molecule has 0 radical (unpaired) electrons. The maximum Gasteiger partial charge on any atom is 0.241 e. The first-order valence-electron chi connectivity index (χ1n) is 17.9. The van der Waals surface area contributed by atoms with Gasteiger partial charge in [-0.1, -0.05) is 163 Å². The van der Waals surface area contributed by atoms with E-state index in [0.29, 0.717) is 11.3 Å². The lowest BCUT2D eigenvalue weighted by atomic mass is 9.67. The molecule has 0 fully saturated rings. The summed E-state index contributed by atoms with van der Waals surface area (Å²) in [4.78, 5) is 14.2. The van der Waals surface area contributed by atoms with E-state index in [1.807, 2.05) is 122 Å². The first kappa shape index (κ1) is 37.7. The van der Waals surface area contributed by atoms with Crippen molar-refractivity contribution >= 4 is 21.4 Å². The van der Waals surface area contributed by atoms with Crippen molar-refractivity contribution in [3.05, 3.63) is 209 Å². The smallest absolute Gasteiger partial charge is 0.241 e. The molecule has 1 N–H and O–H groups in total. The molecule has 270 valence electrons. The van der Waals surface area contributed by atoms with Crippen molar-refractivity contribution in [3.8, 4) is 17.6 Å². The van der Waals surface area contributed by atoms with E-state index in [1.165, 1.54) is 6.92 Å². The molecule has 5 nitrogen and oxygen atoms in total. The Morgan fingerprint density at radius 1 is 0.704 bits per heavy atom. The number of sulfonamides is 1. The molecule has 2 atom stereocenters. The molecule has 0 aliphatic carbocycles. The van der Waals surface area contributed by atoms with E-state index in [2.05, 4.69) is 40.8 Å². The SMILES string of the molecule is COc1ccc([C@@H](NS(=O)(=O)c2ccc(C)cc2)[C@H](CC(C#CC=C(c2ccccc2)c2ccccc2)(c2ccccc2)c2ccccc2)C(C)=O)cc1. The van der Waals surface area contributed by atoms with Crippen molar-refractivity contribution in [1.29, 1.82) is 0 Å². The second-order valence-electron chi connectivity index (χ2n) is 13.3. The number of allylic oxidation sites excluding steroid dienone is 1. The van der Waals surface area contributed by atoms with Gasteiger partial charge in [-0.15, -0.1) is 0 Å². The van der Waals surface area contributed by atoms with Crippen LogP contribution in [0.25, 0.3) is 5.57 Å². The number of aryl methyl sites for hydroxylation is 1. The van der Waals surface area contributed by atoms with Crippen molar-refractivity contribution in [2.24, 2.45) is 5.92 Å². The van der Waals surface area contributed by atoms with Crippen LogP contribution in [-0.2, 0) is 20.2 Å². The molecule has 0 amide bonds. The third-order valence-corrected chi connectivity index (χ3v) is 11.2. The molecule has 0 aliphatic rings. The van der Waals surface area contributed by atoms with E-state index in [0.717, 1.165) is 33.4 Å². The zero-order chi connectivity index (χ0) is 38.0. The maximum absolute atomic E-state index is 14.1. The Labute approximate surface area is 319 Å². The number of hydrogen-bond acceptors (Lipinski definition) is 4.